The highest BCUT2D eigenvalue weighted by molar-refractivity contribution is 7.25. The topological polar surface area (TPSA) is 55.7 Å². The minimum Gasteiger partial charge on any atom is -0.289 e. The van der Waals surface area contributed by atoms with Crippen LogP contribution in [-0.4, -0.2) is 15.0 Å². The Morgan fingerprint density at radius 1 is 1.20 bits per heavy atom. The summed E-state index contributed by atoms with van der Waals surface area (Å²) in [5.74, 6) is 0. The van der Waals surface area contributed by atoms with E-state index in [4.69, 9.17) is 0 Å². The maximum Gasteiger partial charge on any atom is 0.189 e. The molecule has 0 aliphatic heterocycles. The van der Waals surface area contributed by atoms with E-state index in [1.807, 2.05) is 0 Å². The van der Waals surface area contributed by atoms with Crippen molar-refractivity contribution < 1.29 is 0 Å². The van der Waals surface area contributed by atoms with Gasteiger partial charge in [-0.1, -0.05) is 0 Å². The lowest BCUT2D eigenvalue weighted by Gasteiger charge is -1.84. The molecule has 3 heterocycles. The Balaban J connectivity index is 2.72. The van der Waals surface area contributed by atoms with Crippen LogP contribution in [-0.2, 0) is 0 Å². The number of rotatable bonds is 0. The molecule has 0 aliphatic rings. The smallest absolute Gasteiger partial charge is 0.189 e. The molecule has 0 N–H and O–H groups in total. The molecule has 3 aromatic heterocycles. The lowest BCUT2D eigenvalue weighted by atomic mass is 10.2. The molecule has 72 valence electrons. The highest BCUT2D eigenvalue weighted by Crippen LogP contribution is 2.27. The van der Waals surface area contributed by atoms with E-state index in [2.05, 4.69) is 15.0 Å². The summed E-state index contributed by atoms with van der Waals surface area (Å²) < 4.78 is 0.848. The summed E-state index contributed by atoms with van der Waals surface area (Å²) in [6, 6.07) is 1.46. The molecule has 0 amide bonds. The van der Waals surface area contributed by atoms with Gasteiger partial charge < -0.3 is 0 Å². The Hall–Kier alpha value is -1.88. The van der Waals surface area contributed by atoms with Crippen molar-refractivity contribution in [3.05, 3.63) is 41.2 Å². The molecule has 0 spiro atoms. The molecule has 0 aliphatic carbocycles. The highest BCUT2D eigenvalue weighted by atomic mass is 32.1. The van der Waals surface area contributed by atoms with E-state index in [1.165, 1.54) is 29.9 Å². The van der Waals surface area contributed by atoms with Crippen molar-refractivity contribution in [2.75, 3.05) is 0 Å². The van der Waals surface area contributed by atoms with Crippen LogP contribution in [0.15, 0.2) is 35.8 Å². The molecule has 0 fully saturated rings. The van der Waals surface area contributed by atoms with Gasteiger partial charge in [0.1, 0.15) is 11.2 Å². The second kappa shape index (κ2) is 3.06. The second-order valence-corrected chi connectivity index (χ2v) is 4.07. The zero-order chi connectivity index (χ0) is 10.3. The SMILES string of the molecule is O=c1ccncc2sc3ncncc3c12. The van der Waals surface area contributed by atoms with Crippen molar-refractivity contribution >= 4 is 31.6 Å². The van der Waals surface area contributed by atoms with Crippen molar-refractivity contribution in [1.82, 2.24) is 15.0 Å². The number of nitrogens with zero attached hydrogens (tertiary/aromatic N) is 3. The Kier molecular flexibility index (Phi) is 1.72. The second-order valence-electron chi connectivity index (χ2n) is 3.04. The summed E-state index contributed by atoms with van der Waals surface area (Å²) in [5, 5.41) is 1.47. The van der Waals surface area contributed by atoms with E-state index in [1.54, 1.807) is 12.4 Å². The van der Waals surface area contributed by atoms with Gasteiger partial charge >= 0.3 is 0 Å². The summed E-state index contributed by atoms with van der Waals surface area (Å²) in [4.78, 5) is 24.6. The molecule has 0 saturated heterocycles. The number of hydrogen-bond donors (Lipinski definition) is 0. The van der Waals surface area contributed by atoms with Gasteiger partial charge in [-0.05, 0) is 0 Å². The van der Waals surface area contributed by atoms with Gasteiger partial charge in [-0.25, -0.2) is 9.97 Å². The Labute approximate surface area is 88.3 Å². The first-order chi connectivity index (χ1) is 7.36. The molecule has 0 radical (unpaired) electrons. The van der Waals surface area contributed by atoms with Crippen LogP contribution in [0.4, 0.5) is 0 Å². The summed E-state index contributed by atoms with van der Waals surface area (Å²) in [5.41, 5.74) is -0.0384. The summed E-state index contributed by atoms with van der Waals surface area (Å²) in [7, 11) is 0. The van der Waals surface area contributed by atoms with Gasteiger partial charge in [-0.2, -0.15) is 0 Å². The molecule has 5 heteroatoms. The van der Waals surface area contributed by atoms with Gasteiger partial charge in [0.2, 0.25) is 0 Å². The average molecular weight is 215 g/mol. The van der Waals surface area contributed by atoms with E-state index in [-0.39, 0.29) is 5.43 Å². The van der Waals surface area contributed by atoms with Crippen LogP contribution in [0.2, 0.25) is 0 Å². The fraction of sp³-hybridized carbons (Fsp3) is 0. The Bertz CT molecular complexity index is 707. The van der Waals surface area contributed by atoms with Crippen molar-refractivity contribution in [3.8, 4) is 0 Å². The number of hydrogen-bond acceptors (Lipinski definition) is 5. The largest absolute Gasteiger partial charge is 0.289 e. The van der Waals surface area contributed by atoms with Crippen LogP contribution < -0.4 is 5.43 Å². The van der Waals surface area contributed by atoms with E-state index in [9.17, 15) is 4.79 Å². The van der Waals surface area contributed by atoms with Crippen LogP contribution >= 0.6 is 11.3 Å². The first kappa shape index (κ1) is 8.43. The molecule has 3 rings (SSSR count). The molecular formula is C10H5N3OS. The van der Waals surface area contributed by atoms with Gasteiger partial charge in [0.25, 0.3) is 0 Å². The van der Waals surface area contributed by atoms with Gasteiger partial charge in [0.15, 0.2) is 5.43 Å². The van der Waals surface area contributed by atoms with Gasteiger partial charge in [0, 0.05) is 30.0 Å². The zero-order valence-electron chi connectivity index (χ0n) is 7.54. The predicted molar refractivity (Wildman–Crippen MR) is 59.0 cm³/mol. The summed E-state index contributed by atoms with van der Waals surface area (Å²) in [6.07, 6.45) is 6.34. The van der Waals surface area contributed by atoms with Crippen LogP contribution in [0.5, 0.6) is 0 Å². The van der Waals surface area contributed by atoms with E-state index < -0.39 is 0 Å². The maximum absolute atomic E-state index is 11.8. The molecule has 0 atom stereocenters. The van der Waals surface area contributed by atoms with Gasteiger partial charge in [0.05, 0.1) is 10.1 Å². The maximum atomic E-state index is 11.8. The Morgan fingerprint density at radius 3 is 3.07 bits per heavy atom. The molecular weight excluding hydrogens is 210 g/mol. The molecule has 4 nitrogen and oxygen atoms in total. The zero-order valence-corrected chi connectivity index (χ0v) is 8.36. The van der Waals surface area contributed by atoms with Crippen LogP contribution in [0, 0.1) is 0 Å². The fourth-order valence-electron chi connectivity index (χ4n) is 1.51. The van der Waals surface area contributed by atoms with Crippen LogP contribution in [0.25, 0.3) is 20.3 Å². The summed E-state index contributed by atoms with van der Waals surface area (Å²) in [6.45, 7) is 0. The quantitative estimate of drug-likeness (QED) is 0.571. The van der Waals surface area contributed by atoms with Crippen molar-refractivity contribution in [2.45, 2.75) is 0 Å². The third kappa shape index (κ3) is 1.20. The molecule has 0 saturated carbocycles. The average Bonchev–Trinajstić information content (AvgIpc) is 2.53. The first-order valence-electron chi connectivity index (χ1n) is 4.33. The molecule has 0 aromatic carbocycles. The molecule has 15 heavy (non-hydrogen) atoms. The van der Waals surface area contributed by atoms with Gasteiger partial charge in [-0.3, -0.25) is 9.78 Å². The van der Waals surface area contributed by atoms with Crippen molar-refractivity contribution in [2.24, 2.45) is 0 Å². The third-order valence-electron chi connectivity index (χ3n) is 2.15. The molecule has 3 aromatic rings. The van der Waals surface area contributed by atoms with Crippen molar-refractivity contribution in [3.63, 3.8) is 0 Å². The highest BCUT2D eigenvalue weighted by Gasteiger charge is 2.07. The minimum absolute atomic E-state index is 0.0384. The lowest BCUT2D eigenvalue weighted by Crippen LogP contribution is -1.93. The standard InChI is InChI=1S/C10H5N3OS/c14-7-1-2-11-4-8-9(7)6-3-12-5-13-10(6)15-8/h1-5H. The van der Waals surface area contributed by atoms with Crippen molar-refractivity contribution in [1.29, 1.82) is 0 Å². The lowest BCUT2D eigenvalue weighted by molar-refractivity contribution is 1.24. The van der Waals surface area contributed by atoms with E-state index >= 15 is 0 Å². The molecule has 0 bridgehead atoms. The van der Waals surface area contributed by atoms with Crippen LogP contribution in [0.3, 0.4) is 0 Å². The fourth-order valence-corrected chi connectivity index (χ4v) is 2.51. The molecule has 0 unspecified atom stereocenters. The van der Waals surface area contributed by atoms with E-state index in [0.717, 1.165) is 14.9 Å². The number of aromatic nitrogens is 3. The minimum atomic E-state index is -0.0384. The van der Waals surface area contributed by atoms with Crippen LogP contribution in [0.1, 0.15) is 0 Å². The van der Waals surface area contributed by atoms with Gasteiger partial charge in [-0.15, -0.1) is 11.3 Å². The van der Waals surface area contributed by atoms with E-state index in [0.29, 0.717) is 5.39 Å². The number of thiophene rings is 1. The Morgan fingerprint density at radius 2 is 2.13 bits per heavy atom. The summed E-state index contributed by atoms with van der Waals surface area (Å²) >= 11 is 1.46. The number of fused-ring (bicyclic) bond motifs is 3. The normalized spacial score (nSPS) is 10.9. The predicted octanol–water partition coefficient (Wildman–Crippen LogP) is 1.60. The monoisotopic (exact) mass is 215 g/mol. The first-order valence-corrected chi connectivity index (χ1v) is 5.14. The third-order valence-corrected chi connectivity index (χ3v) is 3.20.